The molecule has 0 saturated carbocycles. The third-order valence-corrected chi connectivity index (χ3v) is 4.42. The third-order valence-electron chi connectivity index (χ3n) is 4.42. The Morgan fingerprint density at radius 1 is 1.15 bits per heavy atom. The first kappa shape index (κ1) is 18.4. The summed E-state index contributed by atoms with van der Waals surface area (Å²) in [5.74, 6) is 0.290. The lowest BCUT2D eigenvalue weighted by molar-refractivity contribution is -0.134. The van der Waals surface area contributed by atoms with Crippen molar-refractivity contribution in [1.82, 2.24) is 4.90 Å². The summed E-state index contributed by atoms with van der Waals surface area (Å²) >= 11 is 0. The van der Waals surface area contributed by atoms with Gasteiger partial charge in [0.2, 0.25) is 5.91 Å². The van der Waals surface area contributed by atoms with Crippen LogP contribution >= 0.6 is 0 Å². The van der Waals surface area contributed by atoms with Gasteiger partial charge in [-0.25, -0.2) is 4.39 Å². The van der Waals surface area contributed by atoms with Crippen molar-refractivity contribution < 1.29 is 18.7 Å². The van der Waals surface area contributed by atoms with Crippen LogP contribution < -0.4 is 4.74 Å². The van der Waals surface area contributed by atoms with E-state index in [2.05, 4.69) is 0 Å². The Bertz CT molecular complexity index is 684. The van der Waals surface area contributed by atoms with Gasteiger partial charge in [-0.15, -0.1) is 0 Å². The van der Waals surface area contributed by atoms with Crippen LogP contribution in [0.5, 0.6) is 5.75 Å². The second kappa shape index (κ2) is 9.34. The molecule has 3 rings (SSSR count). The molecule has 2 aromatic rings. The maximum Gasteiger partial charge on any atom is 0.226 e. The Morgan fingerprint density at radius 2 is 1.92 bits per heavy atom. The maximum absolute atomic E-state index is 12.9. The average molecular weight is 357 g/mol. The summed E-state index contributed by atoms with van der Waals surface area (Å²) < 4.78 is 24.2. The lowest BCUT2D eigenvalue weighted by atomic mass is 10.1. The Balaban J connectivity index is 1.55. The van der Waals surface area contributed by atoms with E-state index in [0.717, 1.165) is 25.0 Å². The van der Waals surface area contributed by atoms with Gasteiger partial charge in [-0.3, -0.25) is 4.79 Å². The fourth-order valence-electron chi connectivity index (χ4n) is 3.04. The van der Waals surface area contributed by atoms with Crippen molar-refractivity contribution in [3.05, 3.63) is 66.0 Å². The molecule has 5 heteroatoms. The number of hydrogen-bond acceptors (Lipinski definition) is 3. The first-order chi connectivity index (χ1) is 12.7. The Morgan fingerprint density at radius 3 is 2.62 bits per heavy atom. The highest BCUT2D eigenvalue weighted by Gasteiger charge is 2.22. The number of carbonyl (C=O) groups excluding carboxylic acids is 1. The number of rotatable bonds is 8. The summed E-state index contributed by atoms with van der Waals surface area (Å²) in [6.07, 6.45) is 2.42. The zero-order chi connectivity index (χ0) is 18.2. The molecule has 1 atom stereocenters. The van der Waals surface area contributed by atoms with Crippen LogP contribution in [0, 0.1) is 5.82 Å². The Hall–Kier alpha value is -2.40. The fourth-order valence-corrected chi connectivity index (χ4v) is 3.04. The maximum atomic E-state index is 12.9. The predicted octanol–water partition coefficient (Wildman–Crippen LogP) is 3.80. The van der Waals surface area contributed by atoms with Gasteiger partial charge in [0.15, 0.2) is 0 Å². The van der Waals surface area contributed by atoms with Crippen LogP contribution in [0.1, 0.15) is 24.8 Å². The van der Waals surface area contributed by atoms with E-state index in [1.165, 1.54) is 12.1 Å². The van der Waals surface area contributed by atoms with E-state index in [1.807, 2.05) is 35.2 Å². The van der Waals surface area contributed by atoms with Crippen LogP contribution in [-0.4, -0.2) is 36.7 Å². The number of halogens is 1. The van der Waals surface area contributed by atoms with Gasteiger partial charge in [0, 0.05) is 19.7 Å². The highest BCUT2D eigenvalue weighted by atomic mass is 19.1. The number of ether oxygens (including phenoxy) is 2. The molecule has 0 radical (unpaired) electrons. The summed E-state index contributed by atoms with van der Waals surface area (Å²) in [6.45, 7) is 2.20. The molecule has 0 aromatic heterocycles. The van der Waals surface area contributed by atoms with Crippen LogP contribution in [0.2, 0.25) is 0 Å². The molecule has 4 nitrogen and oxygen atoms in total. The van der Waals surface area contributed by atoms with E-state index in [4.69, 9.17) is 9.47 Å². The highest BCUT2D eigenvalue weighted by Crippen LogP contribution is 2.16. The summed E-state index contributed by atoms with van der Waals surface area (Å²) in [5, 5.41) is 0. The molecule has 2 aromatic carbocycles. The summed E-state index contributed by atoms with van der Waals surface area (Å²) in [7, 11) is 0. The molecule has 1 unspecified atom stereocenters. The molecule has 26 heavy (non-hydrogen) atoms. The lowest BCUT2D eigenvalue weighted by Gasteiger charge is -2.26. The first-order valence-electron chi connectivity index (χ1n) is 9.02. The number of hydrogen-bond donors (Lipinski definition) is 0. The van der Waals surface area contributed by atoms with Crippen LogP contribution in [0.4, 0.5) is 4.39 Å². The van der Waals surface area contributed by atoms with E-state index in [-0.39, 0.29) is 30.9 Å². The Labute approximate surface area is 153 Å². The van der Waals surface area contributed by atoms with Gasteiger partial charge < -0.3 is 14.4 Å². The molecular weight excluding hydrogens is 333 g/mol. The van der Waals surface area contributed by atoms with E-state index in [9.17, 15) is 9.18 Å². The van der Waals surface area contributed by atoms with Gasteiger partial charge >= 0.3 is 0 Å². The SMILES string of the molecule is O=C(CCOc1ccc(F)cc1)N(Cc1ccccc1)CC1CCCO1. The predicted molar refractivity (Wildman–Crippen MR) is 97.3 cm³/mol. The van der Waals surface area contributed by atoms with Gasteiger partial charge in [-0.05, 0) is 42.7 Å². The van der Waals surface area contributed by atoms with E-state index < -0.39 is 0 Å². The number of benzene rings is 2. The van der Waals surface area contributed by atoms with Crippen LogP contribution in [0.3, 0.4) is 0 Å². The molecule has 138 valence electrons. The standard InChI is InChI=1S/C21H24FNO3/c22-18-8-10-19(11-9-18)26-14-12-21(24)23(16-20-7-4-13-25-20)15-17-5-2-1-3-6-17/h1-3,5-6,8-11,20H,4,7,12-16H2. The largest absolute Gasteiger partial charge is 0.493 e. The summed E-state index contributed by atoms with van der Waals surface area (Å²) in [4.78, 5) is 14.6. The van der Waals surface area contributed by atoms with Crippen molar-refractivity contribution in [2.24, 2.45) is 0 Å². The van der Waals surface area contributed by atoms with Crippen molar-refractivity contribution in [2.75, 3.05) is 19.8 Å². The van der Waals surface area contributed by atoms with Crippen molar-refractivity contribution in [3.8, 4) is 5.75 Å². The van der Waals surface area contributed by atoms with Gasteiger partial charge in [-0.2, -0.15) is 0 Å². The Kier molecular flexibility index (Phi) is 6.61. The zero-order valence-electron chi connectivity index (χ0n) is 14.8. The van der Waals surface area contributed by atoms with E-state index in [1.54, 1.807) is 12.1 Å². The highest BCUT2D eigenvalue weighted by molar-refractivity contribution is 5.76. The first-order valence-corrected chi connectivity index (χ1v) is 9.02. The summed E-state index contributed by atoms with van der Waals surface area (Å²) in [5.41, 5.74) is 1.10. The van der Waals surface area contributed by atoms with Crippen molar-refractivity contribution in [3.63, 3.8) is 0 Å². The second-order valence-corrected chi connectivity index (χ2v) is 6.45. The van der Waals surface area contributed by atoms with Crippen molar-refractivity contribution in [1.29, 1.82) is 0 Å². The monoisotopic (exact) mass is 357 g/mol. The molecular formula is C21H24FNO3. The fraction of sp³-hybridized carbons (Fsp3) is 0.381. The van der Waals surface area contributed by atoms with Crippen molar-refractivity contribution in [2.45, 2.75) is 31.9 Å². The van der Waals surface area contributed by atoms with Crippen LogP contribution in [0.25, 0.3) is 0 Å². The lowest BCUT2D eigenvalue weighted by Crippen LogP contribution is -2.37. The van der Waals surface area contributed by atoms with Gasteiger partial charge in [-0.1, -0.05) is 30.3 Å². The molecule has 0 N–H and O–H groups in total. The number of nitrogens with zero attached hydrogens (tertiary/aromatic N) is 1. The molecule has 0 bridgehead atoms. The average Bonchev–Trinajstić information content (AvgIpc) is 3.17. The van der Waals surface area contributed by atoms with Gasteiger partial charge in [0.25, 0.3) is 0 Å². The van der Waals surface area contributed by atoms with E-state index in [0.29, 0.717) is 18.8 Å². The van der Waals surface area contributed by atoms with Crippen LogP contribution in [0.15, 0.2) is 54.6 Å². The quantitative estimate of drug-likeness (QED) is 0.721. The molecule has 1 fully saturated rings. The molecule has 1 heterocycles. The topological polar surface area (TPSA) is 38.8 Å². The minimum atomic E-state index is -0.306. The minimum absolute atomic E-state index is 0.0338. The molecule has 1 aliphatic heterocycles. The number of amides is 1. The smallest absolute Gasteiger partial charge is 0.226 e. The number of carbonyl (C=O) groups is 1. The molecule has 1 saturated heterocycles. The molecule has 0 aliphatic carbocycles. The molecule has 1 amide bonds. The zero-order valence-corrected chi connectivity index (χ0v) is 14.8. The second-order valence-electron chi connectivity index (χ2n) is 6.45. The molecule has 0 spiro atoms. The molecule has 1 aliphatic rings. The van der Waals surface area contributed by atoms with Crippen molar-refractivity contribution >= 4 is 5.91 Å². The third kappa shape index (κ3) is 5.56. The van der Waals surface area contributed by atoms with Gasteiger partial charge in [0.1, 0.15) is 11.6 Å². The minimum Gasteiger partial charge on any atom is -0.493 e. The summed E-state index contributed by atoms with van der Waals surface area (Å²) in [6, 6.07) is 15.8. The normalized spacial score (nSPS) is 16.4. The van der Waals surface area contributed by atoms with Gasteiger partial charge in [0.05, 0.1) is 19.1 Å². The van der Waals surface area contributed by atoms with E-state index >= 15 is 0 Å². The van der Waals surface area contributed by atoms with Crippen LogP contribution in [-0.2, 0) is 16.1 Å².